The van der Waals surface area contributed by atoms with Crippen LogP contribution in [0.4, 0.5) is 0 Å². The van der Waals surface area contributed by atoms with E-state index in [0.29, 0.717) is 18.0 Å². The minimum absolute atomic E-state index is 0.143. The lowest BCUT2D eigenvalue weighted by molar-refractivity contribution is -0.132. The molecular formula is C14H28N2O6. The second-order valence-electron chi connectivity index (χ2n) is 4.14. The van der Waals surface area contributed by atoms with Gasteiger partial charge in [-0.15, -0.1) is 0 Å². The molecule has 0 unspecified atom stereocenters. The molecule has 0 aliphatic heterocycles. The van der Waals surface area contributed by atoms with Crippen LogP contribution in [-0.2, 0) is 14.3 Å². The summed E-state index contributed by atoms with van der Waals surface area (Å²) in [7, 11) is 0. The molecule has 0 amide bonds. The standard InChI is InChI=1S/C6H14O2.2C4H7NO2/c1-2-3-5-8-6-4-7;2*1-3(5)2-4(6)7/h7H,2-6H2,1H3;2*2H,5H2,1H3,(H,6,7)/b;2*3-2-. The molecule has 0 bridgehead atoms. The van der Waals surface area contributed by atoms with Gasteiger partial charge in [0, 0.05) is 30.2 Å². The van der Waals surface area contributed by atoms with E-state index in [1.807, 2.05) is 0 Å². The summed E-state index contributed by atoms with van der Waals surface area (Å²) in [5, 5.41) is 24.1. The van der Waals surface area contributed by atoms with E-state index in [9.17, 15) is 9.59 Å². The van der Waals surface area contributed by atoms with E-state index in [-0.39, 0.29) is 6.61 Å². The average Bonchev–Trinajstić information content (AvgIpc) is 2.33. The summed E-state index contributed by atoms with van der Waals surface area (Å²) in [6.45, 7) is 6.57. The van der Waals surface area contributed by atoms with Crippen LogP contribution in [0.15, 0.2) is 23.5 Å². The summed E-state index contributed by atoms with van der Waals surface area (Å²) in [5.41, 5.74) is 10.6. The Morgan fingerprint density at radius 1 is 1.00 bits per heavy atom. The summed E-state index contributed by atoms with van der Waals surface area (Å²) in [4.78, 5) is 19.3. The summed E-state index contributed by atoms with van der Waals surface area (Å²) in [5.74, 6) is -2.00. The number of hydrogen-bond donors (Lipinski definition) is 5. The molecule has 0 atom stereocenters. The maximum absolute atomic E-state index is 9.65. The normalized spacial score (nSPS) is 10.7. The number of hydrogen-bond acceptors (Lipinski definition) is 6. The maximum Gasteiger partial charge on any atom is 0.330 e. The molecule has 8 nitrogen and oxygen atoms in total. The Hall–Kier alpha value is -2.06. The lowest BCUT2D eigenvalue weighted by Gasteiger charge is -1.97. The summed E-state index contributed by atoms with van der Waals surface area (Å²) in [6.07, 6.45) is 4.14. The number of ether oxygens (including phenoxy) is 1. The van der Waals surface area contributed by atoms with Gasteiger partial charge in [0.05, 0.1) is 13.2 Å². The Morgan fingerprint density at radius 3 is 1.59 bits per heavy atom. The van der Waals surface area contributed by atoms with Crippen molar-refractivity contribution in [3.8, 4) is 0 Å². The third-order valence-electron chi connectivity index (χ3n) is 1.58. The number of carbonyl (C=O) groups is 2. The minimum Gasteiger partial charge on any atom is -0.478 e. The Labute approximate surface area is 131 Å². The molecule has 130 valence electrons. The molecule has 22 heavy (non-hydrogen) atoms. The van der Waals surface area contributed by atoms with Crippen LogP contribution in [0.3, 0.4) is 0 Å². The van der Waals surface area contributed by atoms with Gasteiger partial charge >= 0.3 is 11.9 Å². The van der Waals surface area contributed by atoms with Crippen LogP contribution < -0.4 is 11.5 Å². The van der Waals surface area contributed by atoms with Gasteiger partial charge in [-0.3, -0.25) is 0 Å². The van der Waals surface area contributed by atoms with Gasteiger partial charge in [-0.1, -0.05) is 13.3 Å². The van der Waals surface area contributed by atoms with Gasteiger partial charge in [0.2, 0.25) is 0 Å². The number of aliphatic hydroxyl groups excluding tert-OH is 1. The topological polar surface area (TPSA) is 156 Å². The van der Waals surface area contributed by atoms with Gasteiger partial charge in [0.25, 0.3) is 0 Å². The Balaban J connectivity index is -0.000000247. The van der Waals surface area contributed by atoms with Crippen molar-refractivity contribution in [1.29, 1.82) is 0 Å². The molecule has 0 spiro atoms. The van der Waals surface area contributed by atoms with Crippen molar-refractivity contribution >= 4 is 11.9 Å². The summed E-state index contributed by atoms with van der Waals surface area (Å²) >= 11 is 0. The van der Waals surface area contributed by atoms with Crippen molar-refractivity contribution in [3.05, 3.63) is 23.5 Å². The van der Waals surface area contributed by atoms with Gasteiger partial charge in [-0.25, -0.2) is 9.59 Å². The van der Waals surface area contributed by atoms with Crippen molar-refractivity contribution in [2.45, 2.75) is 33.6 Å². The zero-order chi connectivity index (χ0) is 18.0. The molecule has 8 heteroatoms. The fourth-order valence-electron chi connectivity index (χ4n) is 0.803. The third kappa shape index (κ3) is 43.0. The lowest BCUT2D eigenvalue weighted by atomic mass is 10.4. The first-order valence-corrected chi connectivity index (χ1v) is 6.69. The molecule has 7 N–H and O–H groups in total. The highest BCUT2D eigenvalue weighted by Gasteiger charge is 1.85. The van der Waals surface area contributed by atoms with Crippen molar-refractivity contribution < 1.29 is 29.6 Å². The van der Waals surface area contributed by atoms with Crippen molar-refractivity contribution in [1.82, 2.24) is 0 Å². The molecule has 0 heterocycles. The molecule has 0 aromatic heterocycles. The van der Waals surface area contributed by atoms with Gasteiger partial charge in [0.15, 0.2) is 0 Å². The lowest BCUT2D eigenvalue weighted by Crippen LogP contribution is -1.99. The first kappa shape index (κ1) is 24.9. The van der Waals surface area contributed by atoms with Gasteiger partial charge in [-0.2, -0.15) is 0 Å². The van der Waals surface area contributed by atoms with Crippen LogP contribution in [-0.4, -0.2) is 47.1 Å². The average molecular weight is 320 g/mol. The molecular weight excluding hydrogens is 292 g/mol. The number of carboxylic acid groups (broad SMARTS) is 2. The van der Waals surface area contributed by atoms with E-state index in [1.54, 1.807) is 0 Å². The van der Waals surface area contributed by atoms with E-state index in [4.69, 9.17) is 31.5 Å². The number of aliphatic carboxylic acids is 2. The minimum atomic E-state index is -1.000. The highest BCUT2D eigenvalue weighted by atomic mass is 16.5. The van der Waals surface area contributed by atoms with E-state index in [1.165, 1.54) is 13.8 Å². The molecule has 0 aliphatic carbocycles. The van der Waals surface area contributed by atoms with Gasteiger partial charge in [-0.05, 0) is 20.3 Å². The van der Waals surface area contributed by atoms with Crippen molar-refractivity contribution in [2.75, 3.05) is 19.8 Å². The number of allylic oxidation sites excluding steroid dienone is 2. The van der Waals surface area contributed by atoms with E-state index >= 15 is 0 Å². The molecule has 0 saturated heterocycles. The smallest absolute Gasteiger partial charge is 0.330 e. The summed E-state index contributed by atoms with van der Waals surface area (Å²) in [6, 6.07) is 0. The fourth-order valence-corrected chi connectivity index (χ4v) is 0.803. The number of unbranched alkanes of at least 4 members (excludes halogenated alkanes) is 1. The predicted molar refractivity (Wildman–Crippen MR) is 84.0 cm³/mol. The molecule has 0 rings (SSSR count). The monoisotopic (exact) mass is 320 g/mol. The van der Waals surface area contributed by atoms with E-state index in [2.05, 4.69) is 6.92 Å². The van der Waals surface area contributed by atoms with Crippen LogP contribution >= 0.6 is 0 Å². The number of aliphatic hydroxyl groups is 1. The second kappa shape index (κ2) is 18.9. The van der Waals surface area contributed by atoms with Crippen molar-refractivity contribution in [2.24, 2.45) is 11.5 Å². The van der Waals surface area contributed by atoms with E-state index in [0.717, 1.165) is 31.6 Å². The fraction of sp³-hybridized carbons (Fsp3) is 0.571. The summed E-state index contributed by atoms with van der Waals surface area (Å²) < 4.78 is 4.97. The van der Waals surface area contributed by atoms with Crippen LogP contribution in [0.2, 0.25) is 0 Å². The largest absolute Gasteiger partial charge is 0.478 e. The SMILES string of the molecule is C/C(N)=C/C(=O)O.C/C(N)=C/C(=O)O.CCCCOCCO. The molecule has 0 radical (unpaired) electrons. The molecule has 0 saturated carbocycles. The van der Waals surface area contributed by atoms with Crippen LogP contribution in [0.1, 0.15) is 33.6 Å². The Kier molecular flexibility index (Phi) is 21.5. The molecule has 0 aliphatic rings. The number of rotatable bonds is 7. The predicted octanol–water partition coefficient (Wildman–Crippen LogP) is 0.662. The first-order chi connectivity index (χ1) is 10.2. The third-order valence-corrected chi connectivity index (χ3v) is 1.58. The molecule has 0 fully saturated rings. The first-order valence-electron chi connectivity index (χ1n) is 6.69. The Bertz CT molecular complexity index is 311. The zero-order valence-electron chi connectivity index (χ0n) is 13.4. The zero-order valence-corrected chi connectivity index (χ0v) is 13.4. The van der Waals surface area contributed by atoms with Gasteiger partial charge in [0.1, 0.15) is 0 Å². The van der Waals surface area contributed by atoms with E-state index < -0.39 is 11.9 Å². The number of carboxylic acids is 2. The Morgan fingerprint density at radius 2 is 1.41 bits per heavy atom. The van der Waals surface area contributed by atoms with Crippen LogP contribution in [0.25, 0.3) is 0 Å². The second-order valence-corrected chi connectivity index (χ2v) is 4.14. The molecule has 0 aromatic rings. The molecule has 0 aromatic carbocycles. The highest BCUT2D eigenvalue weighted by Crippen LogP contribution is 1.85. The maximum atomic E-state index is 9.65. The quantitative estimate of drug-likeness (QED) is 0.338. The van der Waals surface area contributed by atoms with Gasteiger partial charge < -0.3 is 31.5 Å². The van der Waals surface area contributed by atoms with Crippen LogP contribution in [0, 0.1) is 0 Å². The van der Waals surface area contributed by atoms with Crippen molar-refractivity contribution in [3.63, 3.8) is 0 Å². The number of nitrogens with two attached hydrogens (primary N) is 2. The highest BCUT2D eigenvalue weighted by molar-refractivity contribution is 5.80. The van der Waals surface area contributed by atoms with Crippen LogP contribution in [0.5, 0.6) is 0 Å².